The molecule has 1 atom stereocenters. The van der Waals surface area contributed by atoms with Crippen molar-refractivity contribution < 1.29 is 18.0 Å². The number of benzene rings is 4. The number of nitrogens with zero attached hydrogens (tertiary/aromatic N) is 2. The van der Waals surface area contributed by atoms with Crippen molar-refractivity contribution in [2.75, 3.05) is 10.8 Å². The first-order chi connectivity index (χ1) is 20.5. The fraction of sp³-hybridized carbons (Fsp3) is 0.257. The number of rotatable bonds is 12. The van der Waals surface area contributed by atoms with Gasteiger partial charge < -0.3 is 10.2 Å². The Hall–Kier alpha value is -4.43. The van der Waals surface area contributed by atoms with Gasteiger partial charge in [0.15, 0.2) is 0 Å². The number of anilines is 1. The molecule has 0 heterocycles. The number of aryl methyl sites for hydroxylation is 2. The third-order valence-corrected chi connectivity index (χ3v) is 8.79. The van der Waals surface area contributed by atoms with Gasteiger partial charge in [-0.3, -0.25) is 13.9 Å². The molecule has 4 aromatic carbocycles. The van der Waals surface area contributed by atoms with Crippen molar-refractivity contribution in [3.63, 3.8) is 0 Å². The van der Waals surface area contributed by atoms with Gasteiger partial charge in [-0.15, -0.1) is 0 Å². The molecule has 7 nitrogen and oxygen atoms in total. The summed E-state index contributed by atoms with van der Waals surface area (Å²) in [7, 11) is -4.13. The summed E-state index contributed by atoms with van der Waals surface area (Å²) >= 11 is 0. The molecular weight excluding hydrogens is 558 g/mol. The Balaban J connectivity index is 1.81. The third kappa shape index (κ3) is 8.32. The Morgan fingerprint density at radius 3 is 1.79 bits per heavy atom. The highest BCUT2D eigenvalue weighted by Crippen LogP contribution is 2.27. The average molecular weight is 598 g/mol. The molecule has 2 amide bonds. The highest BCUT2D eigenvalue weighted by atomic mass is 32.2. The van der Waals surface area contributed by atoms with Gasteiger partial charge in [0.25, 0.3) is 10.0 Å². The molecule has 0 spiro atoms. The molecule has 0 aliphatic heterocycles. The summed E-state index contributed by atoms with van der Waals surface area (Å²) in [6.45, 7) is 7.17. The maximum atomic E-state index is 14.4. The molecule has 0 bridgehead atoms. The van der Waals surface area contributed by atoms with Gasteiger partial charge in [0.05, 0.1) is 10.6 Å². The maximum absolute atomic E-state index is 14.4. The van der Waals surface area contributed by atoms with E-state index < -0.39 is 28.5 Å². The van der Waals surface area contributed by atoms with E-state index >= 15 is 0 Å². The first kappa shape index (κ1) is 31.5. The summed E-state index contributed by atoms with van der Waals surface area (Å²) in [6, 6.07) is 31.5. The van der Waals surface area contributed by atoms with Crippen LogP contribution in [-0.4, -0.2) is 43.8 Å². The molecule has 0 aromatic heterocycles. The second-order valence-corrected chi connectivity index (χ2v) is 12.9. The zero-order chi connectivity index (χ0) is 31.0. The van der Waals surface area contributed by atoms with Gasteiger partial charge >= 0.3 is 0 Å². The third-order valence-electron chi connectivity index (χ3n) is 7.00. The second-order valence-electron chi connectivity index (χ2n) is 11.0. The van der Waals surface area contributed by atoms with Crippen LogP contribution < -0.4 is 9.62 Å². The van der Waals surface area contributed by atoms with Crippen molar-refractivity contribution >= 4 is 27.5 Å². The molecule has 0 fully saturated rings. The predicted molar refractivity (Wildman–Crippen MR) is 171 cm³/mol. The van der Waals surface area contributed by atoms with Crippen LogP contribution >= 0.6 is 0 Å². The molecule has 0 aliphatic carbocycles. The van der Waals surface area contributed by atoms with Gasteiger partial charge in [-0.1, -0.05) is 84.9 Å². The summed E-state index contributed by atoms with van der Waals surface area (Å²) in [4.78, 5) is 29.8. The largest absolute Gasteiger partial charge is 0.352 e. The van der Waals surface area contributed by atoms with E-state index in [9.17, 15) is 18.0 Å². The Bertz CT molecular complexity index is 1610. The molecule has 0 radical (unpaired) electrons. The van der Waals surface area contributed by atoms with E-state index in [0.29, 0.717) is 5.69 Å². The zero-order valence-corrected chi connectivity index (χ0v) is 25.9. The number of hydrogen-bond acceptors (Lipinski definition) is 4. The highest BCUT2D eigenvalue weighted by Gasteiger charge is 2.34. The van der Waals surface area contributed by atoms with E-state index in [-0.39, 0.29) is 29.8 Å². The molecule has 0 aliphatic rings. The molecule has 1 N–H and O–H groups in total. The Morgan fingerprint density at radius 2 is 1.26 bits per heavy atom. The van der Waals surface area contributed by atoms with Crippen LogP contribution in [0.1, 0.15) is 36.1 Å². The van der Waals surface area contributed by atoms with Crippen LogP contribution in [-0.2, 0) is 32.6 Å². The first-order valence-electron chi connectivity index (χ1n) is 14.4. The van der Waals surface area contributed by atoms with Crippen molar-refractivity contribution in [2.45, 2.75) is 57.6 Å². The van der Waals surface area contributed by atoms with Crippen molar-refractivity contribution in [1.82, 2.24) is 10.2 Å². The number of amides is 2. The fourth-order valence-corrected chi connectivity index (χ4v) is 6.48. The molecule has 0 saturated heterocycles. The van der Waals surface area contributed by atoms with Crippen LogP contribution in [0.3, 0.4) is 0 Å². The number of hydrogen-bond donors (Lipinski definition) is 1. The van der Waals surface area contributed by atoms with Crippen LogP contribution in [0.15, 0.2) is 114 Å². The molecular formula is C35H39N3O4S. The topological polar surface area (TPSA) is 86.8 Å². The number of nitrogens with one attached hydrogen (secondary N) is 1. The quantitative estimate of drug-likeness (QED) is 0.228. The van der Waals surface area contributed by atoms with Crippen molar-refractivity contribution in [2.24, 2.45) is 0 Å². The van der Waals surface area contributed by atoms with Gasteiger partial charge in [0.1, 0.15) is 12.6 Å². The standard InChI is InChI=1S/C35H39N3O4S/c1-26(2)36-35(40)33(23-29-14-8-5-9-15-29)37(24-30-16-10-6-11-17-30)34(39)25-38(31-21-27(3)20-28(4)22-31)43(41,42)32-18-12-7-13-19-32/h5-22,26,33H,23-25H2,1-4H3,(H,36,40). The SMILES string of the molecule is Cc1cc(C)cc(N(CC(=O)N(Cc2ccccc2)C(Cc2ccccc2)C(=O)NC(C)C)S(=O)(=O)c2ccccc2)c1. The fourth-order valence-electron chi connectivity index (χ4n) is 5.06. The summed E-state index contributed by atoms with van der Waals surface area (Å²) in [5.74, 6) is -0.783. The minimum atomic E-state index is -4.13. The van der Waals surface area contributed by atoms with Crippen molar-refractivity contribution in [1.29, 1.82) is 0 Å². The van der Waals surface area contributed by atoms with Crippen molar-refractivity contribution in [3.8, 4) is 0 Å². The summed E-state index contributed by atoms with van der Waals surface area (Å²) in [5.41, 5.74) is 3.85. The van der Waals surface area contributed by atoms with Crippen LogP contribution in [0.4, 0.5) is 5.69 Å². The lowest BCUT2D eigenvalue weighted by Gasteiger charge is -2.34. The lowest BCUT2D eigenvalue weighted by atomic mass is 10.0. The highest BCUT2D eigenvalue weighted by molar-refractivity contribution is 7.92. The normalized spacial score (nSPS) is 12.0. The number of sulfonamides is 1. The minimum Gasteiger partial charge on any atom is -0.352 e. The number of carbonyl (C=O) groups is 2. The lowest BCUT2D eigenvalue weighted by Crippen LogP contribution is -2.54. The van der Waals surface area contributed by atoms with Crippen LogP contribution in [0.25, 0.3) is 0 Å². The van der Waals surface area contributed by atoms with E-state index in [2.05, 4.69) is 5.32 Å². The lowest BCUT2D eigenvalue weighted by molar-refractivity contribution is -0.140. The van der Waals surface area contributed by atoms with E-state index in [1.807, 2.05) is 94.4 Å². The van der Waals surface area contributed by atoms with Crippen LogP contribution in [0, 0.1) is 13.8 Å². The van der Waals surface area contributed by atoms with Gasteiger partial charge in [0, 0.05) is 19.0 Å². The van der Waals surface area contributed by atoms with Gasteiger partial charge in [-0.05, 0) is 74.2 Å². The van der Waals surface area contributed by atoms with Crippen LogP contribution in [0.2, 0.25) is 0 Å². The molecule has 4 aromatic rings. The molecule has 8 heteroatoms. The Labute approximate surface area is 255 Å². The zero-order valence-electron chi connectivity index (χ0n) is 25.1. The van der Waals surface area contributed by atoms with Gasteiger partial charge in [-0.2, -0.15) is 0 Å². The molecule has 1 unspecified atom stereocenters. The smallest absolute Gasteiger partial charge is 0.264 e. The average Bonchev–Trinajstić information content (AvgIpc) is 2.98. The van der Waals surface area contributed by atoms with E-state index in [4.69, 9.17) is 0 Å². The maximum Gasteiger partial charge on any atom is 0.264 e. The van der Waals surface area contributed by atoms with Crippen LogP contribution in [0.5, 0.6) is 0 Å². The van der Waals surface area contributed by atoms with E-state index in [0.717, 1.165) is 26.6 Å². The monoisotopic (exact) mass is 597 g/mol. The molecule has 0 saturated carbocycles. The number of carbonyl (C=O) groups excluding carboxylic acids is 2. The first-order valence-corrected chi connectivity index (χ1v) is 15.8. The molecule has 4 rings (SSSR count). The minimum absolute atomic E-state index is 0.0787. The van der Waals surface area contributed by atoms with Crippen molar-refractivity contribution in [3.05, 3.63) is 131 Å². The molecule has 224 valence electrons. The summed E-state index contributed by atoms with van der Waals surface area (Å²) in [6.07, 6.45) is 0.271. The van der Waals surface area contributed by atoms with Gasteiger partial charge in [-0.25, -0.2) is 8.42 Å². The van der Waals surface area contributed by atoms with E-state index in [1.54, 1.807) is 30.3 Å². The van der Waals surface area contributed by atoms with E-state index in [1.165, 1.54) is 17.0 Å². The molecule has 43 heavy (non-hydrogen) atoms. The summed E-state index contributed by atoms with van der Waals surface area (Å²) < 4.78 is 29.3. The Kier molecular flexibility index (Phi) is 10.4. The van der Waals surface area contributed by atoms with Gasteiger partial charge in [0.2, 0.25) is 11.8 Å². The summed E-state index contributed by atoms with van der Waals surface area (Å²) in [5, 5.41) is 2.98. The predicted octanol–water partition coefficient (Wildman–Crippen LogP) is 5.66. The second kappa shape index (κ2) is 14.2. The Morgan fingerprint density at radius 1 is 0.744 bits per heavy atom.